The molecule has 0 aromatic heterocycles. The fourth-order valence-corrected chi connectivity index (χ4v) is 2.89. The fraction of sp³-hybridized carbons (Fsp3) is 0.588. The van der Waals surface area contributed by atoms with Crippen molar-refractivity contribution in [1.29, 1.82) is 0 Å². The Morgan fingerprint density at radius 1 is 1.48 bits per heavy atom. The number of hydrogen-bond acceptors (Lipinski definition) is 4. The molecule has 0 saturated carbocycles. The second-order valence-corrected chi connectivity index (χ2v) is 6.29. The predicted octanol–water partition coefficient (Wildman–Crippen LogP) is 2.46. The van der Waals surface area contributed by atoms with Gasteiger partial charge in [-0.2, -0.15) is 0 Å². The highest BCUT2D eigenvalue weighted by molar-refractivity contribution is 5.94. The maximum absolute atomic E-state index is 11.6. The number of nitrogens with zero attached hydrogens (tertiary/aromatic N) is 1. The first-order valence-electron chi connectivity index (χ1n) is 7.66. The summed E-state index contributed by atoms with van der Waals surface area (Å²) >= 11 is 0. The van der Waals surface area contributed by atoms with Crippen molar-refractivity contribution in [2.75, 3.05) is 26.2 Å². The van der Waals surface area contributed by atoms with Crippen LogP contribution in [0.1, 0.15) is 43.1 Å². The quantitative estimate of drug-likeness (QED) is 0.818. The number of likely N-dealkylation sites (tertiary alicyclic amines) is 1. The van der Waals surface area contributed by atoms with Gasteiger partial charge in [0.25, 0.3) is 0 Å². The molecule has 2 rings (SSSR count). The number of benzene rings is 1. The van der Waals surface area contributed by atoms with Crippen molar-refractivity contribution in [3.63, 3.8) is 0 Å². The zero-order valence-corrected chi connectivity index (χ0v) is 13.3. The van der Waals surface area contributed by atoms with Gasteiger partial charge in [0.1, 0.15) is 5.75 Å². The van der Waals surface area contributed by atoms with Crippen LogP contribution in [0.25, 0.3) is 0 Å². The highest BCUT2D eigenvalue weighted by atomic mass is 16.5. The summed E-state index contributed by atoms with van der Waals surface area (Å²) in [6.07, 6.45) is 1.12. The van der Waals surface area contributed by atoms with Gasteiger partial charge in [0, 0.05) is 24.2 Å². The van der Waals surface area contributed by atoms with Crippen molar-refractivity contribution in [3.05, 3.63) is 29.3 Å². The third-order valence-corrected chi connectivity index (χ3v) is 4.29. The van der Waals surface area contributed by atoms with E-state index in [9.17, 15) is 4.79 Å². The summed E-state index contributed by atoms with van der Waals surface area (Å²) in [6, 6.07) is 5.71. The number of nitrogens with two attached hydrogens (primary N) is 1. The molecule has 1 aromatic rings. The Labute approximate surface area is 127 Å². The zero-order valence-electron chi connectivity index (χ0n) is 13.3. The van der Waals surface area contributed by atoms with E-state index in [0.717, 1.165) is 49.5 Å². The third-order valence-electron chi connectivity index (χ3n) is 4.29. The minimum atomic E-state index is 0.0903. The summed E-state index contributed by atoms with van der Waals surface area (Å²) in [5.74, 6) is 0.969. The Bertz CT molecular complexity index is 516. The number of ketones is 1. The summed E-state index contributed by atoms with van der Waals surface area (Å²) in [5.41, 5.74) is 7.91. The van der Waals surface area contributed by atoms with Gasteiger partial charge in [0.15, 0.2) is 5.78 Å². The Kier molecular flexibility index (Phi) is 5.01. The van der Waals surface area contributed by atoms with Crippen LogP contribution in [0.3, 0.4) is 0 Å². The lowest BCUT2D eigenvalue weighted by molar-refractivity contribution is 0.101. The van der Waals surface area contributed by atoms with Crippen molar-refractivity contribution in [3.8, 4) is 5.75 Å². The second kappa shape index (κ2) is 6.58. The molecule has 1 aromatic carbocycles. The van der Waals surface area contributed by atoms with Gasteiger partial charge in [-0.15, -0.1) is 0 Å². The smallest absolute Gasteiger partial charge is 0.159 e. The lowest BCUT2D eigenvalue weighted by atomic mass is 9.90. The molecule has 1 atom stereocenters. The van der Waals surface area contributed by atoms with E-state index >= 15 is 0 Å². The van der Waals surface area contributed by atoms with Gasteiger partial charge in [0.2, 0.25) is 0 Å². The molecule has 21 heavy (non-hydrogen) atoms. The van der Waals surface area contributed by atoms with Gasteiger partial charge in [0.05, 0.1) is 6.61 Å². The molecule has 1 heterocycles. The predicted molar refractivity (Wildman–Crippen MR) is 84.7 cm³/mol. The van der Waals surface area contributed by atoms with Gasteiger partial charge in [-0.3, -0.25) is 9.69 Å². The molecular weight excluding hydrogens is 264 g/mol. The van der Waals surface area contributed by atoms with Gasteiger partial charge in [-0.05, 0) is 57.0 Å². The van der Waals surface area contributed by atoms with Gasteiger partial charge >= 0.3 is 0 Å². The molecule has 0 bridgehead atoms. The van der Waals surface area contributed by atoms with Crippen molar-refractivity contribution >= 4 is 5.78 Å². The van der Waals surface area contributed by atoms with Crippen LogP contribution in [0.2, 0.25) is 0 Å². The molecule has 4 heteroatoms. The van der Waals surface area contributed by atoms with Crippen molar-refractivity contribution in [2.24, 2.45) is 11.1 Å². The van der Waals surface area contributed by atoms with Crippen LogP contribution in [0.4, 0.5) is 0 Å². The van der Waals surface area contributed by atoms with E-state index in [1.807, 2.05) is 25.1 Å². The Morgan fingerprint density at radius 3 is 2.81 bits per heavy atom. The summed E-state index contributed by atoms with van der Waals surface area (Å²) in [7, 11) is 0. The molecule has 0 radical (unpaired) electrons. The molecule has 1 aliphatic heterocycles. The summed E-state index contributed by atoms with van der Waals surface area (Å²) in [6.45, 7) is 10.0. The van der Waals surface area contributed by atoms with Crippen LogP contribution in [-0.2, 0) is 6.54 Å². The molecule has 1 fully saturated rings. The van der Waals surface area contributed by atoms with Crippen molar-refractivity contribution in [2.45, 2.75) is 33.7 Å². The number of rotatable bonds is 6. The largest absolute Gasteiger partial charge is 0.494 e. The van der Waals surface area contributed by atoms with E-state index in [0.29, 0.717) is 6.61 Å². The lowest BCUT2D eigenvalue weighted by Crippen LogP contribution is -2.31. The average Bonchev–Trinajstić information content (AvgIpc) is 2.83. The molecule has 2 N–H and O–H groups in total. The molecule has 1 saturated heterocycles. The van der Waals surface area contributed by atoms with E-state index in [-0.39, 0.29) is 11.2 Å². The number of carbonyl (C=O) groups is 1. The van der Waals surface area contributed by atoms with E-state index in [1.165, 1.54) is 0 Å². The van der Waals surface area contributed by atoms with Crippen molar-refractivity contribution < 1.29 is 9.53 Å². The molecule has 0 spiro atoms. The van der Waals surface area contributed by atoms with Crippen molar-refractivity contribution in [1.82, 2.24) is 4.90 Å². The van der Waals surface area contributed by atoms with Gasteiger partial charge in [-0.1, -0.05) is 6.92 Å². The van der Waals surface area contributed by atoms with Crippen LogP contribution in [0, 0.1) is 5.41 Å². The monoisotopic (exact) mass is 290 g/mol. The first-order valence-corrected chi connectivity index (χ1v) is 7.66. The Hall–Kier alpha value is -1.39. The number of hydrogen-bond donors (Lipinski definition) is 1. The molecule has 0 amide bonds. The molecule has 1 unspecified atom stereocenters. The zero-order chi connectivity index (χ0) is 15.5. The van der Waals surface area contributed by atoms with Crippen LogP contribution >= 0.6 is 0 Å². The maximum atomic E-state index is 11.6. The first kappa shape index (κ1) is 16.0. The number of ether oxygens (including phenoxy) is 1. The highest BCUT2D eigenvalue weighted by Gasteiger charge is 2.32. The Morgan fingerprint density at radius 2 is 2.24 bits per heavy atom. The van der Waals surface area contributed by atoms with Gasteiger partial charge < -0.3 is 10.5 Å². The standard InChI is InChI=1S/C17H26N2O2/c1-4-21-16-6-5-14(13(2)20)9-15(16)10-19-8-7-17(3,11-18)12-19/h5-6,9H,4,7-8,10-12,18H2,1-3H3. The summed E-state index contributed by atoms with van der Waals surface area (Å²) in [4.78, 5) is 14.0. The summed E-state index contributed by atoms with van der Waals surface area (Å²) in [5, 5.41) is 0. The van der Waals surface area contributed by atoms with Crippen LogP contribution in [0.15, 0.2) is 18.2 Å². The second-order valence-electron chi connectivity index (χ2n) is 6.29. The third kappa shape index (κ3) is 3.83. The molecule has 1 aliphatic rings. The van der Waals surface area contributed by atoms with Crippen LogP contribution in [0.5, 0.6) is 5.75 Å². The topological polar surface area (TPSA) is 55.6 Å². The SMILES string of the molecule is CCOc1ccc(C(C)=O)cc1CN1CCC(C)(CN)C1. The molecular formula is C17H26N2O2. The fourth-order valence-electron chi connectivity index (χ4n) is 2.89. The van der Waals surface area contributed by atoms with E-state index in [1.54, 1.807) is 6.92 Å². The number of Topliss-reactive ketones (excluding diaryl/α,β-unsaturated/α-hetero) is 1. The normalized spacial score (nSPS) is 22.5. The molecule has 0 aliphatic carbocycles. The van der Waals surface area contributed by atoms with E-state index in [2.05, 4.69) is 11.8 Å². The average molecular weight is 290 g/mol. The van der Waals surface area contributed by atoms with Gasteiger partial charge in [-0.25, -0.2) is 0 Å². The number of carbonyl (C=O) groups excluding carboxylic acids is 1. The molecule has 116 valence electrons. The van der Waals surface area contributed by atoms with Crippen LogP contribution in [-0.4, -0.2) is 36.9 Å². The summed E-state index contributed by atoms with van der Waals surface area (Å²) < 4.78 is 5.70. The van der Waals surface area contributed by atoms with E-state index in [4.69, 9.17) is 10.5 Å². The van der Waals surface area contributed by atoms with Crippen LogP contribution < -0.4 is 10.5 Å². The first-order chi connectivity index (χ1) is 9.97. The minimum absolute atomic E-state index is 0.0903. The lowest BCUT2D eigenvalue weighted by Gasteiger charge is -2.23. The highest BCUT2D eigenvalue weighted by Crippen LogP contribution is 2.31. The van der Waals surface area contributed by atoms with E-state index < -0.39 is 0 Å². The minimum Gasteiger partial charge on any atom is -0.494 e. The Balaban J connectivity index is 2.17. The maximum Gasteiger partial charge on any atom is 0.159 e. The molecule has 4 nitrogen and oxygen atoms in total.